The van der Waals surface area contributed by atoms with E-state index >= 15 is 0 Å². The molecule has 0 atom stereocenters. The standard InChI is InChI=1S/C22H16O.2C10H9NO.Al/c23-22-14-6-12-20-19(11-5-13-21(20)22)18-10-4-9-17(15-18)16-7-2-1-3-8-16;2*1-7-5-6-8-3-2-4-9(12)10(8)11-7;/h1-15,23H;2*2-6,12H,1H3;/q;;;+3/p-3. The maximum Gasteiger partial charge on any atom is 1.20 e. The van der Waals surface area contributed by atoms with Crippen LogP contribution in [0.1, 0.15) is 11.4 Å². The minimum absolute atomic E-state index is 0.621. The van der Waals surface area contributed by atoms with Crippen molar-refractivity contribution in [1.29, 1.82) is 0 Å². The van der Waals surface area contributed by atoms with Crippen LogP contribution in [0.15, 0.2) is 152 Å². The van der Waals surface area contributed by atoms with Gasteiger partial charge in [0.1, 0.15) is 22.5 Å². The highest BCUT2D eigenvalue weighted by Crippen LogP contribution is 2.36. The van der Waals surface area contributed by atoms with E-state index in [4.69, 9.17) is 21.3 Å². The van der Waals surface area contributed by atoms with Crippen LogP contribution in [0.3, 0.4) is 0 Å². The van der Waals surface area contributed by atoms with Gasteiger partial charge in [-0.3, -0.25) is 0 Å². The first-order chi connectivity index (χ1) is 23.6. The van der Waals surface area contributed by atoms with E-state index in [1.807, 2.05) is 80.6 Å². The fraction of sp³-hybridized carbons (Fsp3) is 0.0476. The third-order valence-electron chi connectivity index (χ3n) is 8.48. The molecule has 230 valence electrons. The Morgan fingerprint density at radius 3 is 1.62 bits per heavy atom. The van der Waals surface area contributed by atoms with E-state index in [0.29, 0.717) is 17.2 Å². The molecule has 6 aromatic carbocycles. The molecule has 0 aliphatic carbocycles. The Bertz CT molecular complexity index is 2340. The maximum atomic E-state index is 6.82. The molecule has 0 saturated heterocycles. The zero-order valence-corrected chi connectivity index (χ0v) is 27.8. The monoisotopic (exact) mass is 638 g/mol. The number of hydrogen-bond acceptors (Lipinski definition) is 5. The maximum absolute atomic E-state index is 6.82. The Morgan fingerprint density at radius 2 is 0.938 bits per heavy atom. The average molecular weight is 639 g/mol. The lowest BCUT2D eigenvalue weighted by molar-refractivity contribution is 0.311. The van der Waals surface area contributed by atoms with Crippen molar-refractivity contribution in [2.24, 2.45) is 0 Å². The van der Waals surface area contributed by atoms with Crippen LogP contribution < -0.4 is 11.4 Å². The minimum Gasteiger partial charge on any atom is -0.577 e. The summed E-state index contributed by atoms with van der Waals surface area (Å²) in [5.41, 5.74) is 7.97. The number of rotatable bonds is 8. The molecule has 8 rings (SSSR count). The molecule has 5 nitrogen and oxygen atoms in total. The highest BCUT2D eigenvalue weighted by atomic mass is 27.3. The van der Waals surface area contributed by atoms with Gasteiger partial charge in [0.25, 0.3) is 0 Å². The van der Waals surface area contributed by atoms with Crippen LogP contribution in [-0.2, 0) is 0 Å². The van der Waals surface area contributed by atoms with Crippen LogP contribution in [0.4, 0.5) is 0 Å². The fourth-order valence-corrected chi connectivity index (χ4v) is 7.49. The number of aromatic nitrogens is 2. The second kappa shape index (κ2) is 12.9. The predicted molar refractivity (Wildman–Crippen MR) is 195 cm³/mol. The molecule has 0 radical (unpaired) electrons. The molecule has 8 aromatic rings. The van der Waals surface area contributed by atoms with Crippen LogP contribution in [0, 0.1) is 13.8 Å². The zero-order chi connectivity index (χ0) is 32.5. The quantitative estimate of drug-likeness (QED) is 0.155. The van der Waals surface area contributed by atoms with E-state index in [1.54, 1.807) is 0 Å². The Labute approximate surface area is 284 Å². The molecule has 0 spiro atoms. The van der Waals surface area contributed by atoms with Gasteiger partial charge < -0.3 is 11.4 Å². The lowest BCUT2D eigenvalue weighted by Gasteiger charge is -2.19. The van der Waals surface area contributed by atoms with Gasteiger partial charge in [-0.15, -0.1) is 0 Å². The lowest BCUT2D eigenvalue weighted by Crippen LogP contribution is -2.37. The van der Waals surface area contributed by atoms with Gasteiger partial charge in [-0.1, -0.05) is 115 Å². The van der Waals surface area contributed by atoms with E-state index in [9.17, 15) is 0 Å². The van der Waals surface area contributed by atoms with Gasteiger partial charge >= 0.3 is 15.1 Å². The van der Waals surface area contributed by atoms with Crippen LogP contribution in [0.2, 0.25) is 0 Å². The molecular formula is C42H31AlN2O3. The highest BCUT2D eigenvalue weighted by Gasteiger charge is 2.45. The predicted octanol–water partition coefficient (Wildman–Crippen LogP) is 10.4. The summed E-state index contributed by atoms with van der Waals surface area (Å²) in [4.78, 5) is 9.60. The van der Waals surface area contributed by atoms with E-state index in [-0.39, 0.29) is 0 Å². The first-order valence-electron chi connectivity index (χ1n) is 16.0. The van der Waals surface area contributed by atoms with Crippen molar-refractivity contribution in [3.8, 4) is 39.5 Å². The molecule has 0 amide bonds. The smallest absolute Gasteiger partial charge is 0.577 e. The SMILES string of the molecule is Cc1ccc2cccc([O][Al]([O]c3cccc4c(-c5cccc(-c6ccccc6)c5)cccc34)[O]c3cccc4ccc(C)nc34)c2n1. The van der Waals surface area contributed by atoms with Crippen molar-refractivity contribution < 1.29 is 11.4 Å². The Kier molecular flexibility index (Phi) is 7.96. The number of benzene rings is 6. The third-order valence-corrected chi connectivity index (χ3v) is 9.82. The van der Waals surface area contributed by atoms with Crippen LogP contribution in [0.5, 0.6) is 17.2 Å². The number of nitrogens with zero attached hydrogens (tertiary/aromatic N) is 2. The number of pyridine rings is 2. The Hall–Kier alpha value is -5.67. The Balaban J connectivity index is 1.21. The average Bonchev–Trinajstić information content (AvgIpc) is 3.12. The van der Waals surface area contributed by atoms with Gasteiger partial charge in [-0.2, -0.15) is 0 Å². The van der Waals surface area contributed by atoms with Gasteiger partial charge in [-0.05, 0) is 77.9 Å². The summed E-state index contributed by atoms with van der Waals surface area (Å²) < 4.78 is 20.2. The molecule has 0 saturated carbocycles. The van der Waals surface area contributed by atoms with Gasteiger partial charge in [0.2, 0.25) is 0 Å². The second-order valence-corrected chi connectivity index (χ2v) is 13.1. The topological polar surface area (TPSA) is 53.5 Å². The summed E-state index contributed by atoms with van der Waals surface area (Å²) in [7, 11) is 0. The number of para-hydroxylation sites is 2. The highest BCUT2D eigenvalue weighted by molar-refractivity contribution is 6.40. The molecule has 2 heterocycles. The number of fused-ring (bicyclic) bond motifs is 3. The zero-order valence-electron chi connectivity index (χ0n) is 26.6. The first-order valence-corrected chi connectivity index (χ1v) is 17.4. The van der Waals surface area contributed by atoms with Crippen molar-refractivity contribution in [3.63, 3.8) is 0 Å². The number of aryl methyl sites for hydroxylation is 2. The minimum atomic E-state index is -2.99. The molecule has 2 aromatic heterocycles. The normalized spacial score (nSPS) is 11.1. The van der Waals surface area contributed by atoms with Crippen molar-refractivity contribution in [3.05, 3.63) is 163 Å². The van der Waals surface area contributed by atoms with Crippen molar-refractivity contribution in [1.82, 2.24) is 9.97 Å². The third kappa shape index (κ3) is 5.96. The summed E-state index contributed by atoms with van der Waals surface area (Å²) in [6.45, 7) is 3.96. The van der Waals surface area contributed by atoms with Crippen LogP contribution in [0.25, 0.3) is 54.8 Å². The van der Waals surface area contributed by atoms with Crippen molar-refractivity contribution >= 4 is 47.7 Å². The summed E-state index contributed by atoms with van der Waals surface area (Å²) in [6, 6.07) is 51.5. The molecule has 0 aliphatic heterocycles. The van der Waals surface area contributed by atoms with Crippen molar-refractivity contribution in [2.75, 3.05) is 0 Å². The second-order valence-electron chi connectivity index (χ2n) is 11.8. The van der Waals surface area contributed by atoms with Crippen molar-refractivity contribution in [2.45, 2.75) is 13.8 Å². The van der Waals surface area contributed by atoms with Crippen LogP contribution in [-0.4, -0.2) is 25.1 Å². The van der Waals surface area contributed by atoms with Gasteiger partial charge in [-0.25, -0.2) is 9.97 Å². The Morgan fingerprint density at radius 1 is 0.417 bits per heavy atom. The summed E-state index contributed by atoms with van der Waals surface area (Å²) in [5, 5.41) is 4.03. The van der Waals surface area contributed by atoms with Gasteiger partial charge in [0.05, 0.1) is 5.75 Å². The molecule has 0 fully saturated rings. The lowest BCUT2D eigenvalue weighted by atomic mass is 9.95. The van der Waals surface area contributed by atoms with Crippen LogP contribution >= 0.6 is 0 Å². The first kappa shape index (κ1) is 29.7. The molecular weight excluding hydrogens is 607 g/mol. The molecule has 0 unspecified atom stereocenters. The van der Waals surface area contributed by atoms with E-state index < -0.39 is 15.1 Å². The molecule has 0 N–H and O–H groups in total. The molecule has 6 heteroatoms. The largest absolute Gasteiger partial charge is 1.20 e. The molecule has 48 heavy (non-hydrogen) atoms. The molecule has 0 bridgehead atoms. The number of hydrogen-bond donors (Lipinski definition) is 0. The van der Waals surface area contributed by atoms with Gasteiger partial charge in [0, 0.05) is 27.5 Å². The summed E-state index contributed by atoms with van der Waals surface area (Å²) in [6.07, 6.45) is 0. The van der Waals surface area contributed by atoms with Gasteiger partial charge in [0.15, 0.2) is 0 Å². The fourth-order valence-electron chi connectivity index (χ4n) is 6.14. The van der Waals surface area contributed by atoms with E-state index in [1.165, 1.54) is 11.1 Å². The van der Waals surface area contributed by atoms with E-state index in [2.05, 4.69) is 84.9 Å². The van der Waals surface area contributed by atoms with E-state index in [0.717, 1.165) is 55.1 Å². The summed E-state index contributed by atoms with van der Waals surface area (Å²) >= 11 is -2.99. The molecule has 0 aliphatic rings. The summed E-state index contributed by atoms with van der Waals surface area (Å²) in [5.74, 6) is 1.94.